The largest absolute Gasteiger partial charge is 0.343 e. The van der Waals surface area contributed by atoms with Gasteiger partial charge in [0.25, 0.3) is 0 Å². The van der Waals surface area contributed by atoms with Crippen LogP contribution in [0.4, 0.5) is 4.79 Å². The number of hydrogen-bond donors (Lipinski definition) is 4. The van der Waals surface area contributed by atoms with Gasteiger partial charge in [0.05, 0.1) is 0 Å². The molecule has 0 atom stereocenters. The van der Waals surface area contributed by atoms with Crippen LogP contribution >= 0.6 is 0 Å². The predicted molar refractivity (Wildman–Crippen MR) is 101 cm³/mol. The third kappa shape index (κ3) is 4.92. The molecular formula is C19H27N5O. The fourth-order valence-corrected chi connectivity index (χ4v) is 3.52. The Hall–Kier alpha value is -2.15. The standard InChI is InChI=1S/C19H27N5O/c20-22-19(25)23-21-10-3-11-24-12-8-16(9-13-24)18-7-6-15-4-1-2-5-17(15)14-18/h1-2,4-7,14,16,21H,3,8-13,20H2,(H2,22,23,25). The summed E-state index contributed by atoms with van der Waals surface area (Å²) in [5.74, 6) is 5.65. The molecule has 0 saturated carbocycles. The van der Waals surface area contributed by atoms with E-state index in [0.717, 1.165) is 32.6 Å². The maximum Gasteiger partial charge on any atom is 0.343 e. The Labute approximate surface area is 148 Å². The molecule has 0 spiro atoms. The summed E-state index contributed by atoms with van der Waals surface area (Å²) < 4.78 is 0. The SMILES string of the molecule is NNC(=O)NNCCCN1CCC(c2ccc3ccccc3c2)CC1. The maximum atomic E-state index is 10.9. The topological polar surface area (TPSA) is 82.4 Å². The van der Waals surface area contributed by atoms with Crippen LogP contribution < -0.4 is 22.1 Å². The van der Waals surface area contributed by atoms with E-state index in [-0.39, 0.29) is 0 Å². The molecule has 2 aromatic carbocycles. The molecule has 5 N–H and O–H groups in total. The van der Waals surface area contributed by atoms with Crippen LogP contribution in [0.15, 0.2) is 42.5 Å². The Balaban J connectivity index is 1.41. The summed E-state index contributed by atoms with van der Waals surface area (Å²) in [4.78, 5) is 13.4. The molecule has 25 heavy (non-hydrogen) atoms. The predicted octanol–water partition coefficient (Wildman–Crippen LogP) is 2.09. The highest BCUT2D eigenvalue weighted by Crippen LogP contribution is 2.30. The molecule has 6 nitrogen and oxygen atoms in total. The van der Waals surface area contributed by atoms with Gasteiger partial charge in [-0.25, -0.2) is 16.1 Å². The molecule has 0 unspecified atom stereocenters. The zero-order valence-electron chi connectivity index (χ0n) is 14.5. The number of nitrogens with one attached hydrogen (secondary N) is 3. The van der Waals surface area contributed by atoms with E-state index in [9.17, 15) is 4.79 Å². The molecule has 0 radical (unpaired) electrons. The van der Waals surface area contributed by atoms with E-state index in [4.69, 9.17) is 5.84 Å². The van der Waals surface area contributed by atoms with E-state index in [2.05, 4.69) is 58.2 Å². The fourth-order valence-electron chi connectivity index (χ4n) is 3.52. The number of nitrogens with two attached hydrogens (primary N) is 1. The van der Waals surface area contributed by atoms with Gasteiger partial charge >= 0.3 is 6.03 Å². The molecule has 0 aliphatic carbocycles. The van der Waals surface area contributed by atoms with Crippen molar-refractivity contribution in [1.82, 2.24) is 21.2 Å². The minimum Gasteiger partial charge on any atom is -0.303 e. The Morgan fingerprint density at radius 2 is 1.88 bits per heavy atom. The average molecular weight is 341 g/mol. The Bertz CT molecular complexity index is 697. The van der Waals surface area contributed by atoms with Crippen LogP contribution in [0.2, 0.25) is 0 Å². The number of hydrazine groups is 2. The minimum atomic E-state index is -0.420. The molecule has 3 rings (SSSR count). The second-order valence-electron chi connectivity index (χ2n) is 6.60. The fraction of sp³-hybridized carbons (Fsp3) is 0.421. The highest BCUT2D eigenvalue weighted by Gasteiger charge is 2.20. The molecule has 1 aliphatic rings. The lowest BCUT2D eigenvalue weighted by Crippen LogP contribution is -2.47. The highest BCUT2D eigenvalue weighted by molar-refractivity contribution is 5.83. The third-order valence-electron chi connectivity index (χ3n) is 4.94. The van der Waals surface area contributed by atoms with Crippen molar-refractivity contribution in [2.75, 3.05) is 26.2 Å². The van der Waals surface area contributed by atoms with Gasteiger partial charge < -0.3 is 4.90 Å². The summed E-state index contributed by atoms with van der Waals surface area (Å²) >= 11 is 0. The molecule has 6 heteroatoms. The van der Waals surface area contributed by atoms with Crippen LogP contribution in [0.5, 0.6) is 0 Å². The number of amides is 2. The summed E-state index contributed by atoms with van der Waals surface area (Å²) in [6, 6.07) is 15.0. The van der Waals surface area contributed by atoms with Crippen molar-refractivity contribution in [3.63, 3.8) is 0 Å². The summed E-state index contributed by atoms with van der Waals surface area (Å²) in [5, 5.41) is 2.65. The van der Waals surface area contributed by atoms with Crippen molar-refractivity contribution in [3.05, 3.63) is 48.0 Å². The average Bonchev–Trinajstić information content (AvgIpc) is 2.67. The first-order valence-electron chi connectivity index (χ1n) is 8.97. The van der Waals surface area contributed by atoms with E-state index in [1.165, 1.54) is 29.2 Å². The van der Waals surface area contributed by atoms with Crippen LogP contribution in [0.3, 0.4) is 0 Å². The van der Waals surface area contributed by atoms with Crippen molar-refractivity contribution in [2.45, 2.75) is 25.2 Å². The Morgan fingerprint density at radius 1 is 1.12 bits per heavy atom. The minimum absolute atomic E-state index is 0.420. The van der Waals surface area contributed by atoms with Crippen LogP contribution in [0.1, 0.15) is 30.7 Å². The number of likely N-dealkylation sites (tertiary alicyclic amines) is 1. The summed E-state index contributed by atoms with van der Waals surface area (Å²) in [6.45, 7) is 4.05. The second kappa shape index (κ2) is 8.80. The first-order valence-corrected chi connectivity index (χ1v) is 8.97. The van der Waals surface area contributed by atoms with E-state index in [1.54, 1.807) is 0 Å². The zero-order valence-corrected chi connectivity index (χ0v) is 14.5. The molecular weight excluding hydrogens is 314 g/mol. The normalized spacial score (nSPS) is 16.0. The monoisotopic (exact) mass is 341 g/mol. The van der Waals surface area contributed by atoms with Gasteiger partial charge in [-0.3, -0.25) is 10.9 Å². The van der Waals surface area contributed by atoms with Gasteiger partial charge in [-0.15, -0.1) is 0 Å². The molecule has 0 aromatic heterocycles. The van der Waals surface area contributed by atoms with Crippen molar-refractivity contribution >= 4 is 16.8 Å². The van der Waals surface area contributed by atoms with Crippen LogP contribution in [-0.4, -0.2) is 37.1 Å². The van der Waals surface area contributed by atoms with E-state index < -0.39 is 6.03 Å². The van der Waals surface area contributed by atoms with E-state index >= 15 is 0 Å². The summed E-state index contributed by atoms with van der Waals surface area (Å²) in [7, 11) is 0. The van der Waals surface area contributed by atoms with Gasteiger partial charge in [0.15, 0.2) is 0 Å². The smallest absolute Gasteiger partial charge is 0.303 e. The number of hydrogen-bond acceptors (Lipinski definition) is 4. The van der Waals surface area contributed by atoms with Crippen molar-refractivity contribution in [2.24, 2.45) is 5.84 Å². The number of nitrogens with zero attached hydrogens (tertiary/aromatic N) is 1. The second-order valence-corrected chi connectivity index (χ2v) is 6.60. The highest BCUT2D eigenvalue weighted by atomic mass is 16.2. The van der Waals surface area contributed by atoms with Gasteiger partial charge in [-0.05, 0) is 61.2 Å². The number of benzene rings is 2. The maximum absolute atomic E-state index is 10.9. The molecule has 1 fully saturated rings. The number of carbonyl (C=O) groups excluding carboxylic acids is 1. The zero-order chi connectivity index (χ0) is 17.5. The summed E-state index contributed by atoms with van der Waals surface area (Å²) in [5.41, 5.74) is 8.81. The molecule has 2 amide bonds. The number of fused-ring (bicyclic) bond motifs is 1. The first-order chi connectivity index (χ1) is 12.3. The molecule has 1 heterocycles. The van der Waals surface area contributed by atoms with Crippen LogP contribution in [-0.2, 0) is 0 Å². The van der Waals surface area contributed by atoms with E-state index in [0.29, 0.717) is 5.92 Å². The lowest BCUT2D eigenvalue weighted by Gasteiger charge is -2.32. The van der Waals surface area contributed by atoms with Crippen LogP contribution in [0.25, 0.3) is 10.8 Å². The number of piperidine rings is 1. The van der Waals surface area contributed by atoms with Gasteiger partial charge in [0.2, 0.25) is 0 Å². The molecule has 1 saturated heterocycles. The Kier molecular flexibility index (Phi) is 6.22. The van der Waals surface area contributed by atoms with Gasteiger partial charge in [-0.2, -0.15) is 0 Å². The lowest BCUT2D eigenvalue weighted by molar-refractivity contribution is 0.208. The van der Waals surface area contributed by atoms with Crippen molar-refractivity contribution in [1.29, 1.82) is 0 Å². The lowest BCUT2D eigenvalue weighted by atomic mass is 9.88. The molecule has 1 aliphatic heterocycles. The van der Waals surface area contributed by atoms with Gasteiger partial charge in [-0.1, -0.05) is 42.5 Å². The third-order valence-corrected chi connectivity index (χ3v) is 4.94. The van der Waals surface area contributed by atoms with Crippen molar-refractivity contribution in [3.8, 4) is 0 Å². The number of carbonyl (C=O) groups is 1. The van der Waals surface area contributed by atoms with Crippen molar-refractivity contribution < 1.29 is 4.79 Å². The molecule has 0 bridgehead atoms. The number of rotatable bonds is 6. The van der Waals surface area contributed by atoms with Gasteiger partial charge in [0, 0.05) is 6.54 Å². The van der Waals surface area contributed by atoms with Crippen LogP contribution in [0, 0.1) is 0 Å². The van der Waals surface area contributed by atoms with E-state index in [1.807, 2.05) is 5.43 Å². The first kappa shape index (κ1) is 17.7. The summed E-state index contributed by atoms with van der Waals surface area (Å²) in [6.07, 6.45) is 3.41. The number of urea groups is 1. The molecule has 2 aromatic rings. The Morgan fingerprint density at radius 3 is 2.64 bits per heavy atom. The quantitative estimate of drug-likeness (QED) is 0.281. The molecule has 134 valence electrons. The van der Waals surface area contributed by atoms with Gasteiger partial charge in [0.1, 0.15) is 0 Å².